The topological polar surface area (TPSA) is 15.3 Å². The van der Waals surface area contributed by atoms with Crippen molar-refractivity contribution in [2.45, 2.75) is 37.1 Å². The Hall–Kier alpha value is -0.710. The van der Waals surface area contributed by atoms with Gasteiger partial charge in [0.25, 0.3) is 0 Å². The summed E-state index contributed by atoms with van der Waals surface area (Å²) in [5.74, 6) is 0.293. The SMILES string of the molecule is CCCCNSc1cccc(C2CN(C)Cc3c(Cl)cc(Cl)cc32)c1. The Labute approximate surface area is 165 Å². The third-order valence-electron chi connectivity index (χ3n) is 4.58. The highest BCUT2D eigenvalue weighted by atomic mass is 35.5. The molecule has 1 aliphatic heterocycles. The summed E-state index contributed by atoms with van der Waals surface area (Å²) in [4.78, 5) is 3.57. The fraction of sp³-hybridized carbons (Fsp3) is 0.400. The summed E-state index contributed by atoms with van der Waals surface area (Å²) in [6.07, 6.45) is 2.41. The maximum atomic E-state index is 6.47. The molecule has 25 heavy (non-hydrogen) atoms. The number of unbranched alkanes of at least 4 members (excludes halogenated alkanes) is 1. The monoisotopic (exact) mass is 394 g/mol. The van der Waals surface area contributed by atoms with Crippen molar-refractivity contribution in [2.75, 3.05) is 20.1 Å². The molecule has 1 N–H and O–H groups in total. The first-order chi connectivity index (χ1) is 12.1. The summed E-state index contributed by atoms with van der Waals surface area (Å²) in [5, 5.41) is 1.48. The van der Waals surface area contributed by atoms with Gasteiger partial charge in [-0.1, -0.05) is 48.7 Å². The molecule has 3 rings (SSSR count). The number of hydrogen-bond donors (Lipinski definition) is 1. The molecule has 0 aromatic heterocycles. The van der Waals surface area contributed by atoms with Gasteiger partial charge in [0.05, 0.1) is 0 Å². The zero-order valence-corrected chi connectivity index (χ0v) is 17.0. The summed E-state index contributed by atoms with van der Waals surface area (Å²) in [6, 6.07) is 12.7. The number of fused-ring (bicyclic) bond motifs is 1. The number of rotatable bonds is 6. The van der Waals surface area contributed by atoms with Crippen LogP contribution in [0.25, 0.3) is 0 Å². The number of benzene rings is 2. The van der Waals surface area contributed by atoms with Gasteiger partial charge in [-0.3, -0.25) is 4.72 Å². The Kier molecular flexibility index (Phi) is 6.70. The van der Waals surface area contributed by atoms with Gasteiger partial charge in [0.15, 0.2) is 0 Å². The van der Waals surface area contributed by atoms with Crippen LogP contribution in [-0.2, 0) is 6.54 Å². The zero-order valence-electron chi connectivity index (χ0n) is 14.7. The molecule has 0 radical (unpaired) electrons. The molecule has 0 bridgehead atoms. The largest absolute Gasteiger partial charge is 0.301 e. The first-order valence-electron chi connectivity index (χ1n) is 8.74. The summed E-state index contributed by atoms with van der Waals surface area (Å²) in [7, 11) is 2.14. The molecule has 1 aliphatic rings. The minimum absolute atomic E-state index is 0.293. The molecule has 0 aliphatic carbocycles. The van der Waals surface area contributed by atoms with Crippen LogP contribution >= 0.6 is 35.1 Å². The van der Waals surface area contributed by atoms with Gasteiger partial charge in [0, 0.05) is 40.5 Å². The van der Waals surface area contributed by atoms with Gasteiger partial charge in [0.1, 0.15) is 0 Å². The number of nitrogens with zero attached hydrogens (tertiary/aromatic N) is 1. The first kappa shape index (κ1) is 19.1. The molecular formula is C20H24Cl2N2S. The van der Waals surface area contributed by atoms with Crippen molar-refractivity contribution in [3.05, 3.63) is 63.1 Å². The lowest BCUT2D eigenvalue weighted by molar-refractivity contribution is 0.295. The average Bonchev–Trinajstić information content (AvgIpc) is 2.59. The smallest absolute Gasteiger partial charge is 0.0468 e. The Morgan fingerprint density at radius 2 is 2.08 bits per heavy atom. The van der Waals surface area contributed by atoms with Crippen molar-refractivity contribution in [3.63, 3.8) is 0 Å². The standard InChI is InChI=1S/C20H24Cl2N2S/c1-3-4-8-23-25-16-7-5-6-14(9-16)18-12-24(2)13-19-17(18)10-15(21)11-20(19)22/h5-7,9-11,18,23H,3-4,8,12-13H2,1-2H3. The summed E-state index contributed by atoms with van der Waals surface area (Å²) in [6.45, 7) is 5.09. The van der Waals surface area contributed by atoms with Gasteiger partial charge in [-0.2, -0.15) is 0 Å². The lowest BCUT2D eigenvalue weighted by Gasteiger charge is -2.33. The zero-order chi connectivity index (χ0) is 17.8. The Morgan fingerprint density at radius 3 is 2.88 bits per heavy atom. The van der Waals surface area contributed by atoms with Gasteiger partial charge in [0.2, 0.25) is 0 Å². The molecule has 2 aromatic rings. The van der Waals surface area contributed by atoms with Gasteiger partial charge >= 0.3 is 0 Å². The van der Waals surface area contributed by atoms with E-state index in [4.69, 9.17) is 23.2 Å². The van der Waals surface area contributed by atoms with Crippen LogP contribution in [0.4, 0.5) is 0 Å². The van der Waals surface area contributed by atoms with Crippen LogP contribution in [0.15, 0.2) is 41.3 Å². The Morgan fingerprint density at radius 1 is 1.24 bits per heavy atom. The fourth-order valence-electron chi connectivity index (χ4n) is 3.31. The van der Waals surface area contributed by atoms with E-state index >= 15 is 0 Å². The Bertz CT molecular complexity index is 736. The molecule has 0 saturated heterocycles. The molecule has 1 atom stereocenters. The normalized spacial score (nSPS) is 17.5. The molecule has 2 nitrogen and oxygen atoms in total. The van der Waals surface area contributed by atoms with E-state index in [-0.39, 0.29) is 0 Å². The second-order valence-corrected chi connectivity index (χ2v) is 8.44. The molecule has 1 unspecified atom stereocenters. The van der Waals surface area contributed by atoms with Gasteiger partial charge in [-0.05, 0) is 66.4 Å². The lowest BCUT2D eigenvalue weighted by Crippen LogP contribution is -2.31. The van der Waals surface area contributed by atoms with Gasteiger partial charge < -0.3 is 4.90 Å². The van der Waals surface area contributed by atoms with E-state index < -0.39 is 0 Å². The molecule has 2 aromatic carbocycles. The first-order valence-corrected chi connectivity index (χ1v) is 10.3. The van der Waals surface area contributed by atoms with E-state index in [0.717, 1.165) is 24.7 Å². The second-order valence-electron chi connectivity index (χ2n) is 6.63. The van der Waals surface area contributed by atoms with Gasteiger partial charge in [-0.15, -0.1) is 0 Å². The van der Waals surface area contributed by atoms with Crippen molar-refractivity contribution in [3.8, 4) is 0 Å². The molecule has 1 heterocycles. The van der Waals surface area contributed by atoms with Crippen molar-refractivity contribution in [1.82, 2.24) is 9.62 Å². The molecule has 0 fully saturated rings. The molecule has 0 amide bonds. The third kappa shape index (κ3) is 4.72. The van der Waals surface area contributed by atoms with Crippen LogP contribution in [0.3, 0.4) is 0 Å². The van der Waals surface area contributed by atoms with Crippen LogP contribution in [0.2, 0.25) is 10.0 Å². The summed E-state index contributed by atoms with van der Waals surface area (Å²) in [5.41, 5.74) is 3.77. The third-order valence-corrected chi connectivity index (χ3v) is 5.97. The highest BCUT2D eigenvalue weighted by Gasteiger charge is 2.27. The van der Waals surface area contributed by atoms with Crippen molar-refractivity contribution in [1.29, 1.82) is 0 Å². The quantitative estimate of drug-likeness (QED) is 0.479. The number of likely N-dealkylation sites (N-methyl/N-ethyl adjacent to an activating group) is 1. The molecular weight excluding hydrogens is 371 g/mol. The van der Waals surface area contributed by atoms with Crippen molar-refractivity contribution < 1.29 is 0 Å². The number of halogens is 2. The Balaban J connectivity index is 1.87. The summed E-state index contributed by atoms with van der Waals surface area (Å²) >= 11 is 14.5. The number of nitrogens with one attached hydrogen (secondary N) is 1. The van der Waals surface area contributed by atoms with Crippen LogP contribution in [0.5, 0.6) is 0 Å². The average molecular weight is 395 g/mol. The maximum absolute atomic E-state index is 6.47. The van der Waals surface area contributed by atoms with Crippen LogP contribution in [0, 0.1) is 0 Å². The van der Waals surface area contributed by atoms with Crippen LogP contribution in [0.1, 0.15) is 42.4 Å². The molecule has 5 heteroatoms. The van der Waals surface area contributed by atoms with Crippen LogP contribution in [-0.4, -0.2) is 25.0 Å². The predicted molar refractivity (Wildman–Crippen MR) is 110 cm³/mol. The van der Waals surface area contributed by atoms with Crippen LogP contribution < -0.4 is 4.72 Å². The van der Waals surface area contributed by atoms with Crippen molar-refractivity contribution in [2.24, 2.45) is 0 Å². The highest BCUT2D eigenvalue weighted by Crippen LogP contribution is 2.39. The van der Waals surface area contributed by atoms with E-state index in [9.17, 15) is 0 Å². The molecule has 0 spiro atoms. The summed E-state index contributed by atoms with van der Waals surface area (Å²) < 4.78 is 3.44. The van der Waals surface area contributed by atoms with E-state index in [2.05, 4.69) is 53.9 Å². The molecule has 0 saturated carbocycles. The van der Waals surface area contributed by atoms with E-state index in [1.807, 2.05) is 6.07 Å². The molecule has 134 valence electrons. The number of hydrogen-bond acceptors (Lipinski definition) is 3. The minimum atomic E-state index is 0.293. The fourth-order valence-corrected chi connectivity index (χ4v) is 4.63. The van der Waals surface area contributed by atoms with E-state index in [1.165, 1.54) is 34.4 Å². The van der Waals surface area contributed by atoms with E-state index in [0.29, 0.717) is 10.9 Å². The van der Waals surface area contributed by atoms with Crippen molar-refractivity contribution >= 4 is 35.1 Å². The predicted octanol–water partition coefficient (Wildman–Crippen LogP) is 5.97. The lowest BCUT2D eigenvalue weighted by atomic mass is 9.85. The maximum Gasteiger partial charge on any atom is 0.0468 e. The minimum Gasteiger partial charge on any atom is -0.301 e. The second kappa shape index (κ2) is 8.79. The highest BCUT2D eigenvalue weighted by molar-refractivity contribution is 7.97. The van der Waals surface area contributed by atoms with E-state index in [1.54, 1.807) is 11.9 Å². The van der Waals surface area contributed by atoms with Gasteiger partial charge in [-0.25, -0.2) is 0 Å².